The van der Waals surface area contributed by atoms with Crippen LogP contribution in [-0.4, -0.2) is 57.0 Å². The van der Waals surface area contributed by atoms with Crippen LogP contribution in [0, 0.1) is 0 Å². The Morgan fingerprint density at radius 1 is 0.939 bits per heavy atom. The van der Waals surface area contributed by atoms with Crippen molar-refractivity contribution in [2.45, 2.75) is 33.4 Å². The van der Waals surface area contributed by atoms with Crippen molar-refractivity contribution in [3.05, 3.63) is 97.1 Å². The third-order valence-corrected chi connectivity index (χ3v) is 7.97. The van der Waals surface area contributed by atoms with E-state index in [1.807, 2.05) is 6.07 Å². The molecule has 258 valence electrons. The molecule has 13 nitrogen and oxygen atoms in total. The number of benzene rings is 3. The van der Waals surface area contributed by atoms with E-state index in [0.717, 1.165) is 10.0 Å². The fraction of sp³-hybridized carbons (Fsp3) is 0.265. The summed E-state index contributed by atoms with van der Waals surface area (Å²) in [6, 6.07) is 14.1. The van der Waals surface area contributed by atoms with Gasteiger partial charge >= 0.3 is 18.0 Å². The highest BCUT2D eigenvalue weighted by atomic mass is 79.9. The van der Waals surface area contributed by atoms with Crippen LogP contribution in [0.25, 0.3) is 0 Å². The van der Waals surface area contributed by atoms with Gasteiger partial charge in [-0.2, -0.15) is 5.10 Å². The van der Waals surface area contributed by atoms with E-state index >= 15 is 0 Å². The predicted octanol–water partition coefficient (Wildman–Crippen LogP) is 5.70. The van der Waals surface area contributed by atoms with Gasteiger partial charge in [0.1, 0.15) is 12.4 Å². The molecule has 1 aliphatic rings. The molecule has 0 unspecified atom stereocenters. The first-order valence-electron chi connectivity index (χ1n) is 15.0. The molecule has 0 fully saturated rings. The first kappa shape index (κ1) is 36.9. The van der Waals surface area contributed by atoms with Crippen LogP contribution in [0.2, 0.25) is 0 Å². The van der Waals surface area contributed by atoms with Crippen molar-refractivity contribution in [1.29, 1.82) is 0 Å². The monoisotopic (exact) mass is 800 g/mol. The van der Waals surface area contributed by atoms with Gasteiger partial charge in [-0.1, -0.05) is 34.1 Å². The molecular formula is C34H34Br2N4O9. The normalized spacial score (nSPS) is 14.1. The number of methoxy groups -OCH3 is 1. The number of hydrazone groups is 1. The minimum atomic E-state index is -0.794. The first-order valence-corrected chi connectivity index (χ1v) is 16.6. The molecule has 0 aliphatic carbocycles. The Morgan fingerprint density at radius 2 is 1.65 bits per heavy atom. The number of urea groups is 1. The molecule has 3 N–H and O–H groups in total. The lowest BCUT2D eigenvalue weighted by Gasteiger charge is -2.28. The van der Waals surface area contributed by atoms with Gasteiger partial charge in [0.15, 0.2) is 18.1 Å². The molecule has 0 bridgehead atoms. The Kier molecular flexibility index (Phi) is 13.2. The van der Waals surface area contributed by atoms with Crippen molar-refractivity contribution in [3.63, 3.8) is 0 Å². The van der Waals surface area contributed by atoms with Crippen LogP contribution in [0.4, 0.5) is 4.79 Å². The van der Waals surface area contributed by atoms with Crippen molar-refractivity contribution in [3.8, 4) is 17.2 Å². The van der Waals surface area contributed by atoms with E-state index in [2.05, 4.69) is 53.0 Å². The van der Waals surface area contributed by atoms with Crippen molar-refractivity contribution < 1.29 is 42.9 Å². The van der Waals surface area contributed by atoms with Gasteiger partial charge < -0.3 is 34.3 Å². The number of carbonyl (C=O) groups is 4. The highest BCUT2D eigenvalue weighted by Crippen LogP contribution is 2.35. The van der Waals surface area contributed by atoms with Crippen molar-refractivity contribution >= 4 is 62.0 Å². The van der Waals surface area contributed by atoms with Crippen molar-refractivity contribution in [1.82, 2.24) is 16.1 Å². The van der Waals surface area contributed by atoms with E-state index in [1.165, 1.54) is 13.3 Å². The molecular weight excluding hydrogens is 768 g/mol. The summed E-state index contributed by atoms with van der Waals surface area (Å²) >= 11 is 6.97. The van der Waals surface area contributed by atoms with Gasteiger partial charge in [0, 0.05) is 15.7 Å². The lowest BCUT2D eigenvalue weighted by molar-refractivity contribution is -0.139. The van der Waals surface area contributed by atoms with E-state index in [-0.39, 0.29) is 30.3 Å². The fourth-order valence-corrected chi connectivity index (χ4v) is 6.06. The van der Waals surface area contributed by atoms with Crippen LogP contribution in [0.3, 0.4) is 0 Å². The number of halogens is 2. The summed E-state index contributed by atoms with van der Waals surface area (Å²) in [7, 11) is 1.43. The van der Waals surface area contributed by atoms with E-state index < -0.39 is 36.5 Å². The smallest absolute Gasteiger partial charge is 0.338 e. The van der Waals surface area contributed by atoms with Crippen LogP contribution in [-0.2, 0) is 25.7 Å². The van der Waals surface area contributed by atoms with Gasteiger partial charge in [-0.25, -0.2) is 19.8 Å². The lowest BCUT2D eigenvalue weighted by atomic mass is 9.95. The highest BCUT2D eigenvalue weighted by molar-refractivity contribution is 9.11. The van der Waals surface area contributed by atoms with Gasteiger partial charge in [-0.05, 0) is 84.2 Å². The van der Waals surface area contributed by atoms with E-state index in [9.17, 15) is 19.2 Å². The third-order valence-electron chi connectivity index (χ3n) is 6.92. The molecule has 3 aromatic carbocycles. The molecule has 0 spiro atoms. The molecule has 1 heterocycles. The lowest BCUT2D eigenvalue weighted by Crippen LogP contribution is -2.45. The number of hydrogen-bond acceptors (Lipinski definition) is 10. The number of nitrogens with zero attached hydrogens (tertiary/aromatic N) is 1. The topological polar surface area (TPSA) is 163 Å². The summed E-state index contributed by atoms with van der Waals surface area (Å²) in [5.41, 5.74) is 5.45. The van der Waals surface area contributed by atoms with Crippen LogP contribution in [0.5, 0.6) is 17.2 Å². The van der Waals surface area contributed by atoms with Crippen LogP contribution in [0.1, 0.15) is 53.9 Å². The molecule has 0 saturated heterocycles. The van der Waals surface area contributed by atoms with Crippen molar-refractivity contribution in [2.75, 3.05) is 26.9 Å². The largest absolute Gasteiger partial charge is 0.493 e. The molecule has 1 atom stereocenters. The number of nitrogens with one attached hydrogen (secondary N) is 3. The number of amides is 3. The van der Waals surface area contributed by atoms with Crippen molar-refractivity contribution in [2.24, 2.45) is 5.10 Å². The minimum absolute atomic E-state index is 0.170. The van der Waals surface area contributed by atoms with E-state index in [0.29, 0.717) is 39.2 Å². The number of rotatable bonds is 14. The summed E-state index contributed by atoms with van der Waals surface area (Å²) in [6.07, 6.45) is 1.44. The number of ether oxygens (including phenoxy) is 5. The summed E-state index contributed by atoms with van der Waals surface area (Å²) in [5.74, 6) is -0.488. The van der Waals surface area contributed by atoms with Crippen LogP contribution < -0.4 is 30.3 Å². The second kappa shape index (κ2) is 17.5. The Balaban J connectivity index is 1.39. The maximum Gasteiger partial charge on any atom is 0.338 e. The Bertz CT molecular complexity index is 1780. The minimum Gasteiger partial charge on any atom is -0.493 e. The summed E-state index contributed by atoms with van der Waals surface area (Å²) in [6.45, 7) is 5.34. The van der Waals surface area contributed by atoms with Gasteiger partial charge in [-0.3, -0.25) is 4.79 Å². The molecule has 0 radical (unpaired) electrons. The average Bonchev–Trinajstić information content (AvgIpc) is 3.06. The number of carbonyl (C=O) groups excluding carboxylic acids is 4. The number of hydrogen-bond donors (Lipinski definition) is 3. The van der Waals surface area contributed by atoms with Gasteiger partial charge in [0.2, 0.25) is 0 Å². The van der Waals surface area contributed by atoms with Gasteiger partial charge in [0.25, 0.3) is 5.91 Å². The average molecular weight is 802 g/mol. The zero-order valence-electron chi connectivity index (χ0n) is 27.1. The molecule has 3 aromatic rings. The number of esters is 2. The quantitative estimate of drug-likeness (QED) is 0.106. The Hall–Kier alpha value is -4.89. The van der Waals surface area contributed by atoms with Gasteiger partial charge in [-0.15, -0.1) is 0 Å². The fourth-order valence-electron chi connectivity index (χ4n) is 4.69. The van der Waals surface area contributed by atoms with Crippen LogP contribution in [0.15, 0.2) is 79.9 Å². The third kappa shape index (κ3) is 9.83. The predicted molar refractivity (Wildman–Crippen MR) is 187 cm³/mol. The summed E-state index contributed by atoms with van der Waals surface area (Å²) in [4.78, 5) is 49.4. The zero-order chi connectivity index (χ0) is 35.5. The second-order valence-corrected chi connectivity index (χ2v) is 12.1. The molecule has 0 saturated carbocycles. The molecule has 0 aromatic heterocycles. The molecule has 3 amide bonds. The number of allylic oxidation sites excluding steroid dienone is 1. The standard InChI is InChI=1S/C34H34Br2N4O9/c1-5-46-32(42)21-9-7-20(8-10-21)17-49-31-23(13-24(35)15-25(31)36)16-37-40-28(41)18-48-26-12-11-22(14-27(26)45-4)30-29(33(43)47-6-2)19(3)38-34(44)39-30/h7-16,30H,5-6,17-18H2,1-4H3,(H,40,41)(H2,38,39,44)/b37-16+/t30-/m1/s1. The molecule has 15 heteroatoms. The highest BCUT2D eigenvalue weighted by Gasteiger charge is 2.32. The van der Waals surface area contributed by atoms with Crippen LogP contribution >= 0.6 is 31.9 Å². The van der Waals surface area contributed by atoms with E-state index in [1.54, 1.807) is 69.3 Å². The molecule has 4 rings (SSSR count). The Labute approximate surface area is 299 Å². The maximum absolute atomic E-state index is 12.7. The first-order chi connectivity index (χ1) is 23.5. The summed E-state index contributed by atoms with van der Waals surface area (Å²) < 4.78 is 28.8. The molecule has 1 aliphatic heterocycles. The Morgan fingerprint density at radius 3 is 2.35 bits per heavy atom. The zero-order valence-corrected chi connectivity index (χ0v) is 30.2. The molecule has 49 heavy (non-hydrogen) atoms. The second-order valence-electron chi connectivity index (χ2n) is 10.3. The summed E-state index contributed by atoms with van der Waals surface area (Å²) in [5, 5.41) is 9.39. The van der Waals surface area contributed by atoms with Gasteiger partial charge in [0.05, 0.1) is 48.2 Å². The van der Waals surface area contributed by atoms with E-state index in [4.69, 9.17) is 23.7 Å². The SMILES string of the molecule is CCOC(=O)C1=C(C)NC(=O)N[C@@H]1c1ccc(OCC(=O)N/N=C/c2cc(Br)cc(Br)c2OCc2ccc(C(=O)OCC)cc2)c(OC)c1. The maximum atomic E-state index is 12.7.